The van der Waals surface area contributed by atoms with Crippen molar-refractivity contribution < 1.29 is 14.1 Å². The van der Waals surface area contributed by atoms with Crippen molar-refractivity contribution in [2.75, 3.05) is 19.7 Å². The summed E-state index contributed by atoms with van der Waals surface area (Å²) >= 11 is 0. The molecule has 2 aromatic rings. The fourth-order valence-corrected chi connectivity index (χ4v) is 3.10. The Morgan fingerprint density at radius 1 is 1.20 bits per heavy atom. The van der Waals surface area contributed by atoms with E-state index in [2.05, 4.69) is 15.6 Å². The first kappa shape index (κ1) is 24.0. The number of aliphatic imine (C=N–C) groups is 1. The second-order valence-electron chi connectivity index (χ2n) is 6.87. The smallest absolute Gasteiger partial charge is 0.269 e. The number of nitro groups is 1. The molecule has 7 nitrogen and oxygen atoms in total. The average Bonchev–Trinajstić information content (AvgIpc) is 3.25. The lowest BCUT2D eigenvalue weighted by Crippen LogP contribution is -2.42. The number of guanidine groups is 1. The quantitative estimate of drug-likeness (QED) is 0.179. The lowest BCUT2D eigenvalue weighted by molar-refractivity contribution is -0.384. The molecular weight excluding hydrogens is 502 g/mol. The highest BCUT2D eigenvalue weighted by Gasteiger charge is 2.15. The van der Waals surface area contributed by atoms with Gasteiger partial charge in [-0.3, -0.25) is 10.1 Å². The van der Waals surface area contributed by atoms with Gasteiger partial charge in [0, 0.05) is 31.8 Å². The van der Waals surface area contributed by atoms with Crippen molar-refractivity contribution in [1.82, 2.24) is 10.6 Å². The van der Waals surface area contributed by atoms with Gasteiger partial charge in [-0.2, -0.15) is 0 Å². The highest BCUT2D eigenvalue weighted by atomic mass is 127. The molecule has 1 aliphatic rings. The maximum absolute atomic E-state index is 13.8. The second kappa shape index (κ2) is 12.4. The molecule has 1 aliphatic heterocycles. The van der Waals surface area contributed by atoms with E-state index < -0.39 is 4.92 Å². The molecule has 0 radical (unpaired) electrons. The monoisotopic (exact) mass is 528 g/mol. The molecule has 0 amide bonds. The minimum absolute atomic E-state index is 0. The molecule has 0 aliphatic carbocycles. The van der Waals surface area contributed by atoms with Crippen LogP contribution in [0.2, 0.25) is 0 Å². The molecule has 0 aromatic heterocycles. The summed E-state index contributed by atoms with van der Waals surface area (Å²) in [7, 11) is 0. The van der Waals surface area contributed by atoms with E-state index in [1.807, 2.05) is 6.07 Å². The Balaban J connectivity index is 0.00000320. The Hall–Kier alpha value is -2.27. The van der Waals surface area contributed by atoms with Crippen molar-refractivity contribution in [3.8, 4) is 0 Å². The van der Waals surface area contributed by atoms with Gasteiger partial charge in [-0.05, 0) is 36.5 Å². The lowest BCUT2D eigenvalue weighted by atomic mass is 10.1. The van der Waals surface area contributed by atoms with Crippen LogP contribution in [0.1, 0.15) is 24.0 Å². The maximum atomic E-state index is 13.8. The van der Waals surface area contributed by atoms with Gasteiger partial charge < -0.3 is 15.4 Å². The summed E-state index contributed by atoms with van der Waals surface area (Å²) in [5.41, 5.74) is 1.56. The fourth-order valence-electron chi connectivity index (χ4n) is 3.10. The van der Waals surface area contributed by atoms with E-state index in [1.54, 1.807) is 24.3 Å². The van der Waals surface area contributed by atoms with Gasteiger partial charge in [0.25, 0.3) is 5.69 Å². The van der Waals surface area contributed by atoms with Crippen molar-refractivity contribution in [3.63, 3.8) is 0 Å². The third kappa shape index (κ3) is 7.52. The maximum Gasteiger partial charge on any atom is 0.269 e. The normalized spacial score (nSPS) is 16.0. The number of nitrogens with zero attached hydrogens (tertiary/aromatic N) is 2. The van der Waals surface area contributed by atoms with E-state index in [1.165, 1.54) is 18.2 Å². The molecule has 0 saturated carbocycles. The Bertz CT molecular complexity index is 842. The van der Waals surface area contributed by atoms with Gasteiger partial charge in [0.2, 0.25) is 0 Å². The van der Waals surface area contributed by atoms with Crippen LogP contribution in [0.15, 0.2) is 53.5 Å². The summed E-state index contributed by atoms with van der Waals surface area (Å²) < 4.78 is 19.4. The summed E-state index contributed by atoms with van der Waals surface area (Å²) in [5, 5.41) is 17.3. The van der Waals surface area contributed by atoms with Crippen LogP contribution in [0.5, 0.6) is 0 Å². The number of hydrogen-bond donors (Lipinski definition) is 2. The summed E-state index contributed by atoms with van der Waals surface area (Å²) in [5.74, 6) is 0.390. The van der Waals surface area contributed by atoms with Gasteiger partial charge in [-0.25, -0.2) is 9.38 Å². The number of halogens is 2. The molecular formula is C21H26FIN4O3. The largest absolute Gasteiger partial charge is 0.376 e. The second-order valence-corrected chi connectivity index (χ2v) is 6.87. The molecule has 162 valence electrons. The van der Waals surface area contributed by atoms with E-state index in [4.69, 9.17) is 4.74 Å². The van der Waals surface area contributed by atoms with Crippen molar-refractivity contribution in [3.05, 3.63) is 75.6 Å². The molecule has 3 rings (SSSR count). The van der Waals surface area contributed by atoms with Crippen LogP contribution in [0.25, 0.3) is 0 Å². The van der Waals surface area contributed by atoms with E-state index in [-0.39, 0.29) is 41.6 Å². The molecule has 30 heavy (non-hydrogen) atoms. The van der Waals surface area contributed by atoms with Gasteiger partial charge >= 0.3 is 0 Å². The van der Waals surface area contributed by atoms with Crippen molar-refractivity contribution in [2.45, 2.75) is 31.9 Å². The van der Waals surface area contributed by atoms with Crippen molar-refractivity contribution in [1.29, 1.82) is 0 Å². The predicted molar refractivity (Wildman–Crippen MR) is 125 cm³/mol. The molecule has 0 bridgehead atoms. The fraction of sp³-hybridized carbons (Fsp3) is 0.381. The van der Waals surface area contributed by atoms with Gasteiger partial charge in [-0.15, -0.1) is 24.0 Å². The molecule has 1 atom stereocenters. The number of non-ortho nitro benzene ring substituents is 1. The van der Waals surface area contributed by atoms with Crippen LogP contribution in [-0.2, 0) is 17.7 Å². The summed E-state index contributed by atoms with van der Waals surface area (Å²) in [4.78, 5) is 14.9. The van der Waals surface area contributed by atoms with Crippen LogP contribution in [0.4, 0.5) is 10.1 Å². The van der Waals surface area contributed by atoms with Crippen LogP contribution < -0.4 is 10.6 Å². The molecule has 2 N–H and O–H groups in total. The Morgan fingerprint density at radius 3 is 2.63 bits per heavy atom. The van der Waals surface area contributed by atoms with Gasteiger partial charge in [0.15, 0.2) is 5.96 Å². The zero-order valence-electron chi connectivity index (χ0n) is 16.6. The third-order valence-electron chi connectivity index (χ3n) is 4.73. The molecule has 1 fully saturated rings. The number of nitrogens with one attached hydrogen (secondary N) is 2. The van der Waals surface area contributed by atoms with Gasteiger partial charge in [-0.1, -0.05) is 30.3 Å². The number of nitro benzene ring substituents is 1. The van der Waals surface area contributed by atoms with E-state index in [0.717, 1.165) is 25.0 Å². The zero-order chi connectivity index (χ0) is 20.5. The third-order valence-corrected chi connectivity index (χ3v) is 4.73. The van der Waals surface area contributed by atoms with E-state index in [0.29, 0.717) is 37.6 Å². The first-order chi connectivity index (χ1) is 14.1. The predicted octanol–water partition coefficient (Wildman–Crippen LogP) is 3.81. The summed E-state index contributed by atoms with van der Waals surface area (Å²) in [6.07, 6.45) is 2.76. The highest BCUT2D eigenvalue weighted by Crippen LogP contribution is 2.13. The molecule has 1 unspecified atom stereocenters. The Morgan fingerprint density at radius 2 is 1.97 bits per heavy atom. The Kier molecular flexibility index (Phi) is 9.95. The number of rotatable bonds is 8. The topological polar surface area (TPSA) is 88.8 Å². The lowest BCUT2D eigenvalue weighted by Gasteiger charge is -2.16. The minimum Gasteiger partial charge on any atom is -0.376 e. The van der Waals surface area contributed by atoms with Crippen molar-refractivity contribution in [2.24, 2.45) is 4.99 Å². The van der Waals surface area contributed by atoms with E-state index in [9.17, 15) is 14.5 Å². The van der Waals surface area contributed by atoms with Gasteiger partial charge in [0.05, 0.1) is 17.6 Å². The molecule has 9 heteroatoms. The van der Waals surface area contributed by atoms with Crippen LogP contribution in [0, 0.1) is 15.9 Å². The Labute approximate surface area is 192 Å². The number of hydrogen-bond acceptors (Lipinski definition) is 4. The molecule has 1 heterocycles. The van der Waals surface area contributed by atoms with Crippen molar-refractivity contribution >= 4 is 35.6 Å². The molecule has 0 spiro atoms. The van der Waals surface area contributed by atoms with Crippen LogP contribution in [-0.4, -0.2) is 36.7 Å². The first-order valence-electron chi connectivity index (χ1n) is 9.72. The highest BCUT2D eigenvalue weighted by molar-refractivity contribution is 14.0. The van der Waals surface area contributed by atoms with E-state index >= 15 is 0 Å². The van der Waals surface area contributed by atoms with Crippen LogP contribution >= 0.6 is 24.0 Å². The molecule has 1 saturated heterocycles. The standard InChI is InChI=1S/C21H25FN4O3.HI/c22-20-6-2-1-4-17(20)11-12-23-21(25-15-19-5-3-13-29-19)24-14-16-7-9-18(10-8-16)26(27)28;/h1-2,4,6-10,19H,3,5,11-15H2,(H2,23,24,25);1H. The SMILES string of the molecule is I.O=[N+]([O-])c1ccc(CN=C(NCCc2ccccc2F)NCC2CCCO2)cc1. The van der Waals surface area contributed by atoms with Gasteiger partial charge in [0.1, 0.15) is 5.82 Å². The number of benzene rings is 2. The zero-order valence-corrected chi connectivity index (χ0v) is 18.9. The van der Waals surface area contributed by atoms with Crippen LogP contribution in [0.3, 0.4) is 0 Å². The summed E-state index contributed by atoms with van der Waals surface area (Å²) in [6.45, 7) is 2.32. The minimum atomic E-state index is -0.425. The average molecular weight is 528 g/mol. The number of ether oxygens (including phenoxy) is 1. The molecule has 2 aromatic carbocycles. The first-order valence-corrected chi connectivity index (χ1v) is 9.72. The summed E-state index contributed by atoms with van der Waals surface area (Å²) in [6, 6.07) is 13.0.